The number of aromatic carboxylic acids is 1. The second kappa shape index (κ2) is 6.02. The molecule has 0 bridgehead atoms. The van der Waals surface area contributed by atoms with Crippen LogP contribution in [0.1, 0.15) is 29.6 Å². The van der Waals surface area contributed by atoms with E-state index in [0.29, 0.717) is 16.6 Å². The third kappa shape index (κ3) is 3.67. The molecule has 100 valence electrons. The molecule has 0 fully saturated rings. The molecule has 0 aliphatic heterocycles. The molecule has 0 radical (unpaired) electrons. The first-order valence-corrected chi connectivity index (χ1v) is 6.85. The predicted molar refractivity (Wildman–Crippen MR) is 76.2 cm³/mol. The van der Waals surface area contributed by atoms with Gasteiger partial charge in [-0.3, -0.25) is 4.79 Å². The van der Waals surface area contributed by atoms with Gasteiger partial charge in [0.05, 0.1) is 11.3 Å². The molecule has 1 aromatic rings. The van der Waals surface area contributed by atoms with Crippen LogP contribution in [0.3, 0.4) is 0 Å². The Morgan fingerprint density at radius 2 is 2.21 bits per heavy atom. The number of hydrogen-bond acceptors (Lipinski definition) is 2. The molecule has 1 aliphatic carbocycles. The molecule has 1 amide bonds. The fraction of sp³-hybridized carbons (Fsp3) is 0.286. The van der Waals surface area contributed by atoms with Gasteiger partial charge in [0.25, 0.3) is 0 Å². The van der Waals surface area contributed by atoms with Gasteiger partial charge in [-0.2, -0.15) is 0 Å². The van der Waals surface area contributed by atoms with Crippen LogP contribution in [0.25, 0.3) is 0 Å². The fourth-order valence-electron chi connectivity index (χ4n) is 2.11. The zero-order chi connectivity index (χ0) is 13.8. The molecular weight excluding hydrogens is 310 g/mol. The maximum atomic E-state index is 11.9. The number of amides is 1. The van der Waals surface area contributed by atoms with Gasteiger partial charge in [-0.05, 0) is 37.0 Å². The number of anilines is 1. The van der Waals surface area contributed by atoms with Crippen molar-refractivity contribution in [2.24, 2.45) is 5.92 Å². The van der Waals surface area contributed by atoms with E-state index in [1.165, 1.54) is 6.07 Å². The molecule has 1 unspecified atom stereocenters. The van der Waals surface area contributed by atoms with Gasteiger partial charge in [-0.1, -0.05) is 28.1 Å². The number of rotatable bonds is 4. The number of hydrogen-bond donors (Lipinski definition) is 2. The van der Waals surface area contributed by atoms with Gasteiger partial charge in [0.2, 0.25) is 5.91 Å². The topological polar surface area (TPSA) is 66.4 Å². The van der Waals surface area contributed by atoms with Gasteiger partial charge in [-0.15, -0.1) is 0 Å². The summed E-state index contributed by atoms with van der Waals surface area (Å²) >= 11 is 3.22. The van der Waals surface area contributed by atoms with Gasteiger partial charge < -0.3 is 10.4 Å². The normalized spacial score (nSPS) is 17.4. The lowest BCUT2D eigenvalue weighted by Crippen LogP contribution is -2.17. The first-order chi connectivity index (χ1) is 9.06. The lowest BCUT2D eigenvalue weighted by atomic mass is 10.0. The Hall–Kier alpha value is -1.62. The molecule has 1 aliphatic rings. The van der Waals surface area contributed by atoms with Crippen LogP contribution in [-0.4, -0.2) is 17.0 Å². The summed E-state index contributed by atoms with van der Waals surface area (Å²) in [5, 5.41) is 11.8. The SMILES string of the molecule is O=C(CC1C=CCC1)Nc1ccc(Br)cc1C(=O)O. The number of carboxylic acid groups (broad SMARTS) is 1. The van der Waals surface area contributed by atoms with E-state index in [2.05, 4.69) is 27.3 Å². The van der Waals surface area contributed by atoms with Crippen molar-refractivity contribution in [3.8, 4) is 0 Å². The maximum absolute atomic E-state index is 11.9. The summed E-state index contributed by atoms with van der Waals surface area (Å²) in [7, 11) is 0. The van der Waals surface area contributed by atoms with Crippen LogP contribution < -0.4 is 5.32 Å². The number of nitrogens with one attached hydrogen (secondary N) is 1. The van der Waals surface area contributed by atoms with Crippen molar-refractivity contribution in [3.05, 3.63) is 40.4 Å². The van der Waals surface area contributed by atoms with E-state index >= 15 is 0 Å². The highest BCUT2D eigenvalue weighted by Crippen LogP contribution is 2.24. The van der Waals surface area contributed by atoms with Crippen molar-refractivity contribution >= 4 is 33.5 Å². The molecular formula is C14H14BrNO3. The summed E-state index contributed by atoms with van der Waals surface area (Å²) in [6.45, 7) is 0. The summed E-state index contributed by atoms with van der Waals surface area (Å²) in [6, 6.07) is 4.78. The van der Waals surface area contributed by atoms with Crippen LogP contribution >= 0.6 is 15.9 Å². The number of benzene rings is 1. The van der Waals surface area contributed by atoms with Crippen molar-refractivity contribution < 1.29 is 14.7 Å². The molecule has 5 heteroatoms. The summed E-state index contributed by atoms with van der Waals surface area (Å²) in [5.41, 5.74) is 0.423. The average Bonchev–Trinajstić information content (AvgIpc) is 2.83. The Kier molecular flexibility index (Phi) is 4.37. The average molecular weight is 324 g/mol. The van der Waals surface area contributed by atoms with E-state index < -0.39 is 5.97 Å². The minimum atomic E-state index is -1.06. The van der Waals surface area contributed by atoms with E-state index in [0.717, 1.165) is 12.8 Å². The molecule has 0 aromatic heterocycles. The first kappa shape index (κ1) is 13.8. The van der Waals surface area contributed by atoms with Gasteiger partial charge >= 0.3 is 5.97 Å². The van der Waals surface area contributed by atoms with Gasteiger partial charge in [0.1, 0.15) is 0 Å². The van der Waals surface area contributed by atoms with Gasteiger partial charge in [0, 0.05) is 10.9 Å². The summed E-state index contributed by atoms with van der Waals surface area (Å²) < 4.78 is 0.668. The van der Waals surface area contributed by atoms with Crippen molar-refractivity contribution in [3.63, 3.8) is 0 Å². The predicted octanol–water partition coefficient (Wildman–Crippen LogP) is 3.44. The second-order valence-electron chi connectivity index (χ2n) is 4.51. The van der Waals surface area contributed by atoms with Crippen molar-refractivity contribution in [1.29, 1.82) is 0 Å². The van der Waals surface area contributed by atoms with Gasteiger partial charge in [0.15, 0.2) is 0 Å². The fourth-order valence-corrected chi connectivity index (χ4v) is 2.47. The highest BCUT2D eigenvalue weighted by molar-refractivity contribution is 9.10. The van der Waals surface area contributed by atoms with E-state index in [1.54, 1.807) is 12.1 Å². The third-order valence-corrected chi connectivity index (χ3v) is 3.54. The number of allylic oxidation sites excluding steroid dienone is 2. The van der Waals surface area contributed by atoms with Crippen LogP contribution in [0.5, 0.6) is 0 Å². The monoisotopic (exact) mass is 323 g/mol. The van der Waals surface area contributed by atoms with Crippen LogP contribution in [0, 0.1) is 5.92 Å². The number of halogens is 1. The Labute approximate surface area is 119 Å². The molecule has 1 atom stereocenters. The van der Waals surface area contributed by atoms with Gasteiger partial charge in [-0.25, -0.2) is 4.79 Å². The van der Waals surface area contributed by atoms with E-state index in [9.17, 15) is 9.59 Å². The molecule has 19 heavy (non-hydrogen) atoms. The van der Waals surface area contributed by atoms with Crippen molar-refractivity contribution in [2.45, 2.75) is 19.3 Å². The van der Waals surface area contributed by atoms with Crippen LogP contribution in [0.15, 0.2) is 34.8 Å². The molecule has 0 heterocycles. The molecule has 4 nitrogen and oxygen atoms in total. The molecule has 2 rings (SSSR count). The number of carbonyl (C=O) groups is 2. The molecule has 2 N–H and O–H groups in total. The smallest absolute Gasteiger partial charge is 0.337 e. The molecule has 0 spiro atoms. The van der Waals surface area contributed by atoms with E-state index in [-0.39, 0.29) is 17.4 Å². The zero-order valence-electron chi connectivity index (χ0n) is 10.2. The second-order valence-corrected chi connectivity index (χ2v) is 5.43. The molecule has 0 saturated heterocycles. The Morgan fingerprint density at radius 1 is 1.42 bits per heavy atom. The van der Waals surface area contributed by atoms with Crippen molar-refractivity contribution in [2.75, 3.05) is 5.32 Å². The standard InChI is InChI=1S/C14H14BrNO3/c15-10-5-6-12(11(8-10)14(18)19)16-13(17)7-9-3-1-2-4-9/h1,3,5-6,8-9H,2,4,7H2,(H,16,17)(H,18,19). The minimum Gasteiger partial charge on any atom is -0.478 e. The van der Waals surface area contributed by atoms with E-state index in [4.69, 9.17) is 5.11 Å². The minimum absolute atomic E-state index is 0.0877. The quantitative estimate of drug-likeness (QED) is 0.834. The van der Waals surface area contributed by atoms with Crippen molar-refractivity contribution in [1.82, 2.24) is 0 Å². The molecule has 1 aromatic carbocycles. The Morgan fingerprint density at radius 3 is 2.84 bits per heavy atom. The maximum Gasteiger partial charge on any atom is 0.337 e. The van der Waals surface area contributed by atoms with Crippen LogP contribution in [-0.2, 0) is 4.79 Å². The van der Waals surface area contributed by atoms with E-state index in [1.807, 2.05) is 6.08 Å². The Balaban J connectivity index is 2.07. The largest absolute Gasteiger partial charge is 0.478 e. The number of carboxylic acids is 1. The summed E-state index contributed by atoms with van der Waals surface area (Å²) in [4.78, 5) is 23.0. The van der Waals surface area contributed by atoms with Crippen LogP contribution in [0.4, 0.5) is 5.69 Å². The summed E-state index contributed by atoms with van der Waals surface area (Å²) in [6.07, 6.45) is 6.50. The number of carbonyl (C=O) groups excluding carboxylic acids is 1. The third-order valence-electron chi connectivity index (χ3n) is 3.05. The lowest BCUT2D eigenvalue weighted by molar-refractivity contribution is -0.116. The first-order valence-electron chi connectivity index (χ1n) is 6.05. The lowest BCUT2D eigenvalue weighted by Gasteiger charge is -2.11. The molecule has 0 saturated carbocycles. The zero-order valence-corrected chi connectivity index (χ0v) is 11.8. The highest BCUT2D eigenvalue weighted by atomic mass is 79.9. The van der Waals surface area contributed by atoms with Crippen LogP contribution in [0.2, 0.25) is 0 Å². The Bertz CT molecular complexity index is 539. The highest BCUT2D eigenvalue weighted by Gasteiger charge is 2.17. The summed E-state index contributed by atoms with van der Waals surface area (Å²) in [5.74, 6) is -0.942.